The van der Waals surface area contributed by atoms with Crippen molar-refractivity contribution in [1.29, 1.82) is 0 Å². The number of aromatic nitrogens is 2. The van der Waals surface area contributed by atoms with Gasteiger partial charge in [-0.2, -0.15) is 0 Å². The van der Waals surface area contributed by atoms with Gasteiger partial charge in [-0.25, -0.2) is 10.1 Å². The van der Waals surface area contributed by atoms with Crippen LogP contribution in [0.3, 0.4) is 0 Å². The zero-order chi connectivity index (χ0) is 22.9. The number of hydrazine groups is 1. The number of carboxylic acid groups (broad SMARTS) is 1. The molecule has 1 heterocycles. The molecule has 3 aromatic rings. The van der Waals surface area contributed by atoms with Crippen molar-refractivity contribution in [3.63, 3.8) is 0 Å². The summed E-state index contributed by atoms with van der Waals surface area (Å²) < 4.78 is 3.17. The second-order valence-corrected chi connectivity index (χ2v) is 7.52. The van der Waals surface area contributed by atoms with E-state index in [9.17, 15) is 24.9 Å². The number of phenols is 2. The van der Waals surface area contributed by atoms with Crippen LogP contribution >= 0.6 is 0 Å². The number of carboxylic acids is 1. The van der Waals surface area contributed by atoms with Gasteiger partial charge in [-0.15, -0.1) is 0 Å². The SMILES string of the molecule is Cc1c(Nc2cc(O)c(O)cc2CC(C)(NN)C(=O)O)c(=O)n(-c2ccccc2)n1C. The van der Waals surface area contributed by atoms with Crippen molar-refractivity contribution < 1.29 is 20.1 Å². The average Bonchev–Trinajstić information content (AvgIpc) is 2.95. The summed E-state index contributed by atoms with van der Waals surface area (Å²) in [6.45, 7) is 3.14. The summed E-state index contributed by atoms with van der Waals surface area (Å²) >= 11 is 0. The van der Waals surface area contributed by atoms with Crippen molar-refractivity contribution in [1.82, 2.24) is 14.8 Å². The lowest BCUT2D eigenvalue weighted by Gasteiger charge is -2.25. The fourth-order valence-electron chi connectivity index (χ4n) is 3.30. The van der Waals surface area contributed by atoms with Gasteiger partial charge in [0.2, 0.25) is 0 Å². The number of anilines is 2. The van der Waals surface area contributed by atoms with E-state index in [1.54, 1.807) is 30.8 Å². The first-order valence-corrected chi connectivity index (χ1v) is 9.46. The van der Waals surface area contributed by atoms with E-state index < -0.39 is 23.0 Å². The Morgan fingerprint density at radius 1 is 1.16 bits per heavy atom. The lowest BCUT2D eigenvalue weighted by Crippen LogP contribution is -2.54. The fourth-order valence-corrected chi connectivity index (χ4v) is 3.30. The van der Waals surface area contributed by atoms with E-state index in [4.69, 9.17) is 5.84 Å². The number of phenolic OH excluding ortho intramolecular Hbond substituents is 2. The molecule has 0 fully saturated rings. The molecular formula is C21H25N5O5. The minimum atomic E-state index is -1.55. The average molecular weight is 427 g/mol. The summed E-state index contributed by atoms with van der Waals surface area (Å²) in [6.07, 6.45) is -0.131. The van der Waals surface area contributed by atoms with E-state index in [-0.39, 0.29) is 23.4 Å². The molecule has 0 amide bonds. The Balaban J connectivity index is 2.11. The minimum Gasteiger partial charge on any atom is -0.504 e. The van der Waals surface area contributed by atoms with Crippen LogP contribution in [0, 0.1) is 6.92 Å². The van der Waals surface area contributed by atoms with Crippen molar-refractivity contribution in [2.45, 2.75) is 25.8 Å². The van der Waals surface area contributed by atoms with E-state index in [1.165, 1.54) is 23.7 Å². The highest BCUT2D eigenvalue weighted by Crippen LogP contribution is 2.35. The molecule has 2 aromatic carbocycles. The Kier molecular flexibility index (Phi) is 5.78. The van der Waals surface area contributed by atoms with Gasteiger partial charge in [0.25, 0.3) is 5.56 Å². The number of nitrogens with zero attached hydrogens (tertiary/aromatic N) is 2. The zero-order valence-electron chi connectivity index (χ0n) is 17.4. The molecule has 0 aliphatic carbocycles. The number of hydrogen-bond donors (Lipinski definition) is 6. The predicted molar refractivity (Wildman–Crippen MR) is 116 cm³/mol. The van der Waals surface area contributed by atoms with Crippen molar-refractivity contribution in [3.8, 4) is 17.2 Å². The van der Waals surface area contributed by atoms with Crippen molar-refractivity contribution in [2.75, 3.05) is 5.32 Å². The number of benzene rings is 2. The van der Waals surface area contributed by atoms with Crippen LogP contribution in [0.25, 0.3) is 5.69 Å². The Labute approximate surface area is 178 Å². The Morgan fingerprint density at radius 3 is 2.35 bits per heavy atom. The summed E-state index contributed by atoms with van der Waals surface area (Å²) in [5.74, 6) is 3.41. The van der Waals surface area contributed by atoms with E-state index in [0.717, 1.165) is 0 Å². The smallest absolute Gasteiger partial charge is 0.325 e. The number of rotatable bonds is 7. The molecule has 7 N–H and O–H groups in total. The van der Waals surface area contributed by atoms with Gasteiger partial charge in [-0.3, -0.25) is 20.1 Å². The highest BCUT2D eigenvalue weighted by atomic mass is 16.4. The topological polar surface area (TPSA) is 155 Å². The van der Waals surface area contributed by atoms with Crippen LogP contribution in [0.2, 0.25) is 0 Å². The molecule has 0 saturated heterocycles. The summed E-state index contributed by atoms with van der Waals surface area (Å²) in [5.41, 5.74) is 2.53. The van der Waals surface area contributed by atoms with E-state index in [2.05, 4.69) is 10.7 Å². The largest absolute Gasteiger partial charge is 0.504 e. The van der Waals surface area contributed by atoms with Gasteiger partial charge in [0.15, 0.2) is 11.5 Å². The zero-order valence-corrected chi connectivity index (χ0v) is 17.4. The molecule has 0 bridgehead atoms. The molecule has 0 spiro atoms. The molecule has 0 radical (unpaired) electrons. The third-order valence-electron chi connectivity index (χ3n) is 5.35. The first-order valence-electron chi connectivity index (χ1n) is 9.46. The van der Waals surface area contributed by atoms with Gasteiger partial charge < -0.3 is 20.6 Å². The Hall–Kier alpha value is -3.76. The minimum absolute atomic E-state index is 0.131. The summed E-state index contributed by atoms with van der Waals surface area (Å²) in [4.78, 5) is 24.8. The maximum atomic E-state index is 13.2. The molecule has 10 nitrogen and oxygen atoms in total. The molecule has 1 unspecified atom stereocenters. The predicted octanol–water partition coefficient (Wildman–Crippen LogP) is 1.49. The van der Waals surface area contributed by atoms with Gasteiger partial charge in [0.05, 0.1) is 11.4 Å². The van der Waals surface area contributed by atoms with Crippen LogP contribution in [0.1, 0.15) is 18.2 Å². The summed E-state index contributed by atoms with van der Waals surface area (Å²) in [7, 11) is 1.74. The van der Waals surface area contributed by atoms with Crippen LogP contribution in [0.15, 0.2) is 47.3 Å². The molecule has 3 rings (SSSR count). The number of aromatic hydroxyl groups is 2. The van der Waals surface area contributed by atoms with Crippen LogP contribution in [0.5, 0.6) is 11.5 Å². The standard InChI is InChI=1S/C21H25N5O5/c1-12-18(19(29)26(25(12)3)14-7-5-4-6-8-14)23-15-10-17(28)16(27)9-13(15)11-21(2,24-22)20(30)31/h4-10,23-24,27-28H,11,22H2,1-3H3,(H,30,31). The molecule has 0 saturated carbocycles. The molecule has 31 heavy (non-hydrogen) atoms. The Morgan fingerprint density at radius 2 is 1.77 bits per heavy atom. The lowest BCUT2D eigenvalue weighted by atomic mass is 9.92. The molecule has 1 aromatic heterocycles. The van der Waals surface area contributed by atoms with Gasteiger partial charge in [0.1, 0.15) is 11.2 Å². The second kappa shape index (κ2) is 8.17. The molecule has 164 valence electrons. The van der Waals surface area contributed by atoms with Gasteiger partial charge in [-0.1, -0.05) is 18.2 Å². The van der Waals surface area contributed by atoms with Crippen LogP contribution in [0.4, 0.5) is 11.4 Å². The number of nitrogens with one attached hydrogen (secondary N) is 2. The number of para-hydroxylation sites is 1. The maximum absolute atomic E-state index is 13.2. The number of nitrogens with two attached hydrogens (primary N) is 1. The highest BCUT2D eigenvalue weighted by Gasteiger charge is 2.33. The van der Waals surface area contributed by atoms with Gasteiger partial charge >= 0.3 is 5.97 Å². The first kappa shape index (κ1) is 21.9. The summed E-state index contributed by atoms with van der Waals surface area (Å²) in [6, 6.07) is 11.6. The lowest BCUT2D eigenvalue weighted by molar-refractivity contribution is -0.144. The normalized spacial score (nSPS) is 13.0. The van der Waals surface area contributed by atoms with Crippen LogP contribution in [-0.2, 0) is 18.3 Å². The summed E-state index contributed by atoms with van der Waals surface area (Å²) in [5, 5.41) is 32.5. The Bertz CT molecular complexity index is 1190. The third-order valence-corrected chi connectivity index (χ3v) is 5.35. The van der Waals surface area contributed by atoms with Gasteiger partial charge in [0, 0.05) is 25.2 Å². The van der Waals surface area contributed by atoms with Crippen molar-refractivity contribution in [3.05, 3.63) is 64.1 Å². The van der Waals surface area contributed by atoms with Crippen molar-refractivity contribution >= 4 is 17.3 Å². The molecule has 1 atom stereocenters. The number of carbonyl (C=O) groups is 1. The van der Waals surface area contributed by atoms with E-state index >= 15 is 0 Å². The molecular weight excluding hydrogens is 402 g/mol. The third kappa shape index (κ3) is 3.98. The highest BCUT2D eigenvalue weighted by molar-refractivity contribution is 5.80. The van der Waals surface area contributed by atoms with Crippen LogP contribution < -0.4 is 22.1 Å². The van der Waals surface area contributed by atoms with Crippen LogP contribution in [-0.4, -0.2) is 36.2 Å². The molecule has 10 heteroatoms. The van der Waals surface area contributed by atoms with E-state index in [0.29, 0.717) is 16.9 Å². The fraction of sp³-hybridized carbons (Fsp3) is 0.238. The van der Waals surface area contributed by atoms with Gasteiger partial charge in [-0.05, 0) is 37.6 Å². The number of hydrogen-bond acceptors (Lipinski definition) is 7. The number of aliphatic carboxylic acids is 1. The first-order chi connectivity index (χ1) is 14.6. The quantitative estimate of drug-likeness (QED) is 0.143. The second-order valence-electron chi connectivity index (χ2n) is 7.52. The van der Waals surface area contributed by atoms with E-state index in [1.807, 2.05) is 18.2 Å². The van der Waals surface area contributed by atoms with Crippen molar-refractivity contribution in [2.24, 2.45) is 12.9 Å². The monoisotopic (exact) mass is 427 g/mol. The molecule has 0 aliphatic heterocycles. The molecule has 0 aliphatic rings. The maximum Gasteiger partial charge on any atom is 0.325 e.